The van der Waals surface area contributed by atoms with Crippen molar-refractivity contribution in [2.45, 2.75) is 6.42 Å². The van der Waals surface area contributed by atoms with Crippen LogP contribution in [0.2, 0.25) is 0 Å². The maximum Gasteiger partial charge on any atom is 0.228 e. The van der Waals surface area contributed by atoms with Crippen molar-refractivity contribution in [2.75, 3.05) is 12.4 Å². The molecule has 0 aliphatic rings. The molecule has 4 heteroatoms. The highest BCUT2D eigenvalue weighted by Crippen LogP contribution is 2.15. The van der Waals surface area contributed by atoms with Gasteiger partial charge in [-0.3, -0.25) is 9.59 Å². The fraction of sp³-hybridized carbons (Fsp3) is 0.125. The van der Waals surface area contributed by atoms with Gasteiger partial charge in [-0.25, -0.2) is 0 Å². The number of ether oxygens (including phenoxy) is 1. The summed E-state index contributed by atoms with van der Waals surface area (Å²) in [5, 5.41) is 2.81. The lowest BCUT2D eigenvalue weighted by Gasteiger charge is -2.06. The molecule has 20 heavy (non-hydrogen) atoms. The molecule has 0 spiro atoms. The Bertz CT molecular complexity index is 588. The number of carbonyl (C=O) groups is 2. The molecule has 0 saturated heterocycles. The molecule has 0 bridgehead atoms. The lowest BCUT2D eigenvalue weighted by Crippen LogP contribution is -2.14. The molecule has 2 aromatic rings. The van der Waals surface area contributed by atoms with E-state index >= 15 is 0 Å². The van der Waals surface area contributed by atoms with Crippen LogP contribution in [0.1, 0.15) is 15.9 Å². The molecule has 4 nitrogen and oxygen atoms in total. The minimum atomic E-state index is -0.103. The van der Waals surface area contributed by atoms with E-state index < -0.39 is 0 Å². The predicted octanol–water partition coefficient (Wildman–Crippen LogP) is 2.69. The molecule has 0 radical (unpaired) electrons. The molecule has 102 valence electrons. The second-order valence-corrected chi connectivity index (χ2v) is 4.31. The van der Waals surface area contributed by atoms with E-state index in [1.54, 1.807) is 55.6 Å². The highest BCUT2D eigenvalue weighted by atomic mass is 16.5. The number of benzene rings is 2. The fourth-order valence-corrected chi connectivity index (χ4v) is 1.78. The SMILES string of the molecule is COc1ccc(NC(=O)Cc2ccc(C=O)cc2)cc1. The van der Waals surface area contributed by atoms with E-state index in [9.17, 15) is 9.59 Å². The molecule has 0 saturated carbocycles. The molecule has 0 fully saturated rings. The van der Waals surface area contributed by atoms with Gasteiger partial charge in [0.15, 0.2) is 0 Å². The third kappa shape index (κ3) is 3.68. The number of methoxy groups -OCH3 is 1. The molecule has 2 aromatic carbocycles. The van der Waals surface area contributed by atoms with Crippen LogP contribution in [0.5, 0.6) is 5.75 Å². The molecule has 2 rings (SSSR count). The predicted molar refractivity (Wildman–Crippen MR) is 77.2 cm³/mol. The van der Waals surface area contributed by atoms with Crippen LogP contribution < -0.4 is 10.1 Å². The molecule has 0 aliphatic carbocycles. The average molecular weight is 269 g/mol. The van der Waals surface area contributed by atoms with Gasteiger partial charge in [-0.1, -0.05) is 24.3 Å². The Morgan fingerprint density at radius 2 is 1.75 bits per heavy atom. The summed E-state index contributed by atoms with van der Waals surface area (Å²) in [6.07, 6.45) is 1.05. The smallest absolute Gasteiger partial charge is 0.228 e. The largest absolute Gasteiger partial charge is 0.497 e. The maximum absolute atomic E-state index is 11.9. The number of carbonyl (C=O) groups excluding carboxylic acids is 2. The monoisotopic (exact) mass is 269 g/mol. The van der Waals surface area contributed by atoms with Crippen LogP contribution in [0.25, 0.3) is 0 Å². The molecule has 1 amide bonds. The first-order chi connectivity index (χ1) is 9.71. The Kier molecular flexibility index (Phi) is 4.50. The van der Waals surface area contributed by atoms with Gasteiger partial charge in [-0.05, 0) is 29.8 Å². The fourth-order valence-electron chi connectivity index (χ4n) is 1.78. The van der Waals surface area contributed by atoms with Gasteiger partial charge in [0.2, 0.25) is 5.91 Å². The van der Waals surface area contributed by atoms with E-state index in [1.807, 2.05) is 0 Å². The van der Waals surface area contributed by atoms with Crippen molar-refractivity contribution in [3.05, 3.63) is 59.7 Å². The van der Waals surface area contributed by atoms with Crippen LogP contribution in [-0.4, -0.2) is 19.3 Å². The number of hydrogen-bond acceptors (Lipinski definition) is 3. The summed E-state index contributed by atoms with van der Waals surface area (Å²) in [6, 6.07) is 14.1. The van der Waals surface area contributed by atoms with Gasteiger partial charge in [0, 0.05) is 11.3 Å². The van der Waals surface area contributed by atoms with Crippen LogP contribution >= 0.6 is 0 Å². The Morgan fingerprint density at radius 1 is 1.10 bits per heavy atom. The number of anilines is 1. The summed E-state index contributed by atoms with van der Waals surface area (Å²) >= 11 is 0. The van der Waals surface area contributed by atoms with Crippen LogP contribution in [-0.2, 0) is 11.2 Å². The summed E-state index contributed by atoms with van der Waals surface area (Å²) in [5.41, 5.74) is 2.19. The van der Waals surface area contributed by atoms with Crippen LogP contribution in [0.3, 0.4) is 0 Å². The number of hydrogen-bond donors (Lipinski definition) is 1. The third-order valence-corrected chi connectivity index (χ3v) is 2.85. The number of rotatable bonds is 5. The first-order valence-electron chi connectivity index (χ1n) is 6.19. The highest BCUT2D eigenvalue weighted by molar-refractivity contribution is 5.92. The zero-order valence-corrected chi connectivity index (χ0v) is 11.1. The Hall–Kier alpha value is -2.62. The summed E-state index contributed by atoms with van der Waals surface area (Å²) in [7, 11) is 1.59. The second kappa shape index (κ2) is 6.52. The van der Waals surface area contributed by atoms with Crippen molar-refractivity contribution >= 4 is 17.9 Å². The quantitative estimate of drug-likeness (QED) is 0.849. The molecule has 0 heterocycles. The summed E-state index contributed by atoms with van der Waals surface area (Å²) in [6.45, 7) is 0. The summed E-state index contributed by atoms with van der Waals surface area (Å²) in [5.74, 6) is 0.640. The Morgan fingerprint density at radius 3 is 2.30 bits per heavy atom. The lowest BCUT2D eigenvalue weighted by molar-refractivity contribution is -0.115. The number of nitrogens with one attached hydrogen (secondary N) is 1. The van der Waals surface area contributed by atoms with Gasteiger partial charge < -0.3 is 10.1 Å². The second-order valence-electron chi connectivity index (χ2n) is 4.31. The molecule has 0 atom stereocenters. The lowest BCUT2D eigenvalue weighted by atomic mass is 10.1. The molecule has 0 aromatic heterocycles. The minimum absolute atomic E-state index is 0.103. The molecule has 1 N–H and O–H groups in total. The van der Waals surface area contributed by atoms with Gasteiger partial charge in [0.1, 0.15) is 12.0 Å². The zero-order valence-electron chi connectivity index (χ0n) is 11.1. The molecular formula is C16H15NO3. The molecule has 0 aliphatic heterocycles. The van der Waals surface area contributed by atoms with Gasteiger partial charge in [-0.15, -0.1) is 0 Å². The van der Waals surface area contributed by atoms with Gasteiger partial charge in [-0.2, -0.15) is 0 Å². The normalized spacial score (nSPS) is 9.85. The average Bonchev–Trinajstić information content (AvgIpc) is 2.49. The zero-order chi connectivity index (χ0) is 14.4. The van der Waals surface area contributed by atoms with Gasteiger partial charge >= 0.3 is 0 Å². The first-order valence-corrected chi connectivity index (χ1v) is 6.19. The van der Waals surface area contributed by atoms with E-state index in [1.165, 1.54) is 0 Å². The van der Waals surface area contributed by atoms with Crippen LogP contribution in [0, 0.1) is 0 Å². The molecule has 0 unspecified atom stereocenters. The van der Waals surface area contributed by atoms with Crippen LogP contribution in [0.15, 0.2) is 48.5 Å². The van der Waals surface area contributed by atoms with Crippen molar-refractivity contribution in [3.63, 3.8) is 0 Å². The van der Waals surface area contributed by atoms with E-state index in [0.717, 1.165) is 23.3 Å². The van der Waals surface area contributed by atoms with Crippen molar-refractivity contribution in [1.29, 1.82) is 0 Å². The van der Waals surface area contributed by atoms with E-state index in [0.29, 0.717) is 5.56 Å². The highest BCUT2D eigenvalue weighted by Gasteiger charge is 2.04. The number of amides is 1. The van der Waals surface area contributed by atoms with Gasteiger partial charge in [0.05, 0.1) is 13.5 Å². The van der Waals surface area contributed by atoms with Crippen molar-refractivity contribution in [1.82, 2.24) is 0 Å². The topological polar surface area (TPSA) is 55.4 Å². The maximum atomic E-state index is 11.9. The van der Waals surface area contributed by atoms with Crippen molar-refractivity contribution in [2.24, 2.45) is 0 Å². The van der Waals surface area contributed by atoms with E-state index in [2.05, 4.69) is 5.32 Å². The summed E-state index contributed by atoms with van der Waals surface area (Å²) < 4.78 is 5.05. The number of aldehydes is 1. The van der Waals surface area contributed by atoms with Crippen molar-refractivity contribution in [3.8, 4) is 5.75 Å². The van der Waals surface area contributed by atoms with E-state index in [-0.39, 0.29) is 12.3 Å². The van der Waals surface area contributed by atoms with Crippen LogP contribution in [0.4, 0.5) is 5.69 Å². The first kappa shape index (κ1) is 13.8. The summed E-state index contributed by atoms with van der Waals surface area (Å²) in [4.78, 5) is 22.4. The Balaban J connectivity index is 1.95. The van der Waals surface area contributed by atoms with E-state index in [4.69, 9.17) is 4.74 Å². The van der Waals surface area contributed by atoms with Crippen molar-refractivity contribution < 1.29 is 14.3 Å². The molecular weight excluding hydrogens is 254 g/mol. The Labute approximate surface area is 117 Å². The third-order valence-electron chi connectivity index (χ3n) is 2.85. The standard InChI is InChI=1S/C16H15NO3/c1-20-15-8-6-14(7-9-15)17-16(19)10-12-2-4-13(11-18)5-3-12/h2-9,11H,10H2,1H3,(H,17,19). The van der Waals surface area contributed by atoms with Gasteiger partial charge in [0.25, 0.3) is 0 Å². The minimum Gasteiger partial charge on any atom is -0.497 e.